The third kappa shape index (κ3) is 4.92. The lowest BCUT2D eigenvalue weighted by Crippen LogP contribution is -2.34. The molecule has 138 valence electrons. The van der Waals surface area contributed by atoms with Gasteiger partial charge in [0, 0.05) is 18.7 Å². The second kappa shape index (κ2) is 8.96. The van der Waals surface area contributed by atoms with Gasteiger partial charge >= 0.3 is 0 Å². The Kier molecular flexibility index (Phi) is 6.18. The Morgan fingerprint density at radius 2 is 1.89 bits per heavy atom. The molecule has 3 rings (SSSR count). The van der Waals surface area contributed by atoms with Gasteiger partial charge in [-0.15, -0.1) is 0 Å². The van der Waals surface area contributed by atoms with E-state index in [4.69, 9.17) is 0 Å². The molecule has 0 fully saturated rings. The lowest BCUT2D eigenvalue weighted by molar-refractivity contribution is 0.0737. The number of carbonyl (C=O) groups excluding carboxylic acids is 1. The van der Waals surface area contributed by atoms with Crippen molar-refractivity contribution in [2.24, 2.45) is 0 Å². The quantitative estimate of drug-likeness (QED) is 0.676. The van der Waals surface area contributed by atoms with Crippen molar-refractivity contribution in [2.75, 3.05) is 19.7 Å². The van der Waals surface area contributed by atoms with E-state index >= 15 is 0 Å². The van der Waals surface area contributed by atoms with Crippen LogP contribution in [0.2, 0.25) is 0 Å². The van der Waals surface area contributed by atoms with Crippen LogP contribution in [0, 0.1) is 6.92 Å². The average Bonchev–Trinajstić information content (AvgIpc) is 3.18. The summed E-state index contributed by atoms with van der Waals surface area (Å²) in [7, 11) is 0. The minimum absolute atomic E-state index is 0.0934. The Hall–Kier alpha value is -3.18. The van der Waals surface area contributed by atoms with Crippen LogP contribution >= 0.6 is 0 Å². The van der Waals surface area contributed by atoms with Gasteiger partial charge in [0.25, 0.3) is 5.91 Å². The topological polar surface area (TPSA) is 69.2 Å². The van der Waals surface area contributed by atoms with Gasteiger partial charge in [-0.25, -0.2) is 0 Å². The predicted octanol–water partition coefficient (Wildman–Crippen LogP) is 3.53. The van der Waals surface area contributed by atoms with Crippen LogP contribution in [0.4, 0.5) is 0 Å². The largest absolute Gasteiger partial charge is 0.395 e. The fourth-order valence-corrected chi connectivity index (χ4v) is 2.75. The second-order valence-electron chi connectivity index (χ2n) is 6.32. The van der Waals surface area contributed by atoms with Crippen molar-refractivity contribution < 1.29 is 9.90 Å². The molecule has 1 heterocycles. The van der Waals surface area contributed by atoms with Crippen LogP contribution in [0.1, 0.15) is 21.6 Å². The zero-order valence-corrected chi connectivity index (χ0v) is 15.3. The molecule has 0 spiro atoms. The monoisotopic (exact) mass is 361 g/mol. The number of aromatic amines is 1. The van der Waals surface area contributed by atoms with Gasteiger partial charge < -0.3 is 10.0 Å². The Morgan fingerprint density at radius 1 is 1.15 bits per heavy atom. The van der Waals surface area contributed by atoms with Crippen LogP contribution in [0.15, 0.2) is 66.7 Å². The number of aryl methyl sites for hydroxylation is 1. The molecule has 1 amide bonds. The Labute approximate surface area is 159 Å². The third-order valence-electron chi connectivity index (χ3n) is 4.25. The molecule has 3 aromatic rings. The van der Waals surface area contributed by atoms with Gasteiger partial charge in [0.05, 0.1) is 12.3 Å². The van der Waals surface area contributed by atoms with Crippen LogP contribution < -0.4 is 0 Å². The van der Waals surface area contributed by atoms with E-state index in [1.807, 2.05) is 73.7 Å². The van der Waals surface area contributed by atoms with Crippen molar-refractivity contribution in [1.29, 1.82) is 0 Å². The number of aliphatic hydroxyl groups excluding tert-OH is 1. The maximum absolute atomic E-state index is 12.8. The van der Waals surface area contributed by atoms with E-state index < -0.39 is 0 Å². The number of carbonyl (C=O) groups is 1. The van der Waals surface area contributed by atoms with E-state index in [9.17, 15) is 9.90 Å². The summed E-state index contributed by atoms with van der Waals surface area (Å²) in [5.74, 6) is -0.187. The number of H-pyrrole nitrogens is 1. The first-order valence-corrected chi connectivity index (χ1v) is 8.91. The zero-order chi connectivity index (χ0) is 19.1. The van der Waals surface area contributed by atoms with Crippen LogP contribution in [0.5, 0.6) is 0 Å². The SMILES string of the molecule is Cc1ccc(-c2cc(C(=O)N(C/C=C/c3ccccc3)CCO)[nH]n2)cc1. The van der Waals surface area contributed by atoms with E-state index in [1.165, 1.54) is 5.56 Å². The molecule has 0 saturated heterocycles. The third-order valence-corrected chi connectivity index (χ3v) is 4.25. The number of aliphatic hydroxyl groups is 1. The molecule has 1 aromatic heterocycles. The molecule has 5 nitrogen and oxygen atoms in total. The van der Waals surface area contributed by atoms with E-state index in [2.05, 4.69) is 10.2 Å². The number of aromatic nitrogens is 2. The molecular weight excluding hydrogens is 338 g/mol. The normalized spacial score (nSPS) is 11.0. The maximum atomic E-state index is 12.8. The highest BCUT2D eigenvalue weighted by Crippen LogP contribution is 2.19. The minimum Gasteiger partial charge on any atom is -0.395 e. The lowest BCUT2D eigenvalue weighted by Gasteiger charge is -2.19. The van der Waals surface area contributed by atoms with Gasteiger partial charge in [0.2, 0.25) is 0 Å². The first-order valence-electron chi connectivity index (χ1n) is 8.91. The Bertz CT molecular complexity index is 899. The molecule has 0 aliphatic heterocycles. The molecule has 0 bridgehead atoms. The van der Waals surface area contributed by atoms with E-state index in [1.54, 1.807) is 11.0 Å². The highest BCUT2D eigenvalue weighted by Gasteiger charge is 2.17. The number of nitrogens with one attached hydrogen (secondary N) is 1. The van der Waals surface area contributed by atoms with Crippen LogP contribution in [-0.2, 0) is 0 Å². The van der Waals surface area contributed by atoms with Gasteiger partial charge in [0.1, 0.15) is 5.69 Å². The molecule has 2 N–H and O–H groups in total. The fraction of sp³-hybridized carbons (Fsp3) is 0.182. The number of benzene rings is 2. The van der Waals surface area contributed by atoms with Crippen molar-refractivity contribution >= 4 is 12.0 Å². The van der Waals surface area contributed by atoms with Crippen molar-refractivity contribution in [3.63, 3.8) is 0 Å². The molecule has 0 aliphatic rings. The molecule has 0 radical (unpaired) electrons. The first-order chi connectivity index (χ1) is 13.2. The average molecular weight is 361 g/mol. The van der Waals surface area contributed by atoms with Crippen LogP contribution in [0.3, 0.4) is 0 Å². The summed E-state index contributed by atoms with van der Waals surface area (Å²) in [6.45, 7) is 2.60. The van der Waals surface area contributed by atoms with Gasteiger partial charge in [-0.05, 0) is 18.6 Å². The van der Waals surface area contributed by atoms with Gasteiger partial charge in [-0.3, -0.25) is 9.89 Å². The van der Waals surface area contributed by atoms with E-state index in [-0.39, 0.29) is 19.1 Å². The van der Waals surface area contributed by atoms with Crippen molar-refractivity contribution in [1.82, 2.24) is 15.1 Å². The smallest absolute Gasteiger partial charge is 0.272 e. The standard InChI is InChI=1S/C22H23N3O2/c1-17-9-11-19(12-10-17)20-16-21(24-23-20)22(27)25(14-15-26)13-5-8-18-6-3-2-4-7-18/h2-12,16,26H,13-15H2,1H3,(H,23,24)/b8-5+. The van der Waals surface area contributed by atoms with Crippen LogP contribution in [-0.4, -0.2) is 45.8 Å². The van der Waals surface area contributed by atoms with E-state index in [0.29, 0.717) is 12.2 Å². The van der Waals surface area contributed by atoms with Crippen LogP contribution in [0.25, 0.3) is 17.3 Å². The maximum Gasteiger partial charge on any atom is 0.272 e. The highest BCUT2D eigenvalue weighted by molar-refractivity contribution is 5.93. The van der Waals surface area contributed by atoms with E-state index in [0.717, 1.165) is 16.8 Å². The molecule has 2 aromatic carbocycles. The summed E-state index contributed by atoms with van der Waals surface area (Å²) in [5.41, 5.74) is 4.32. The van der Waals surface area contributed by atoms with Crippen molar-refractivity contribution in [2.45, 2.75) is 6.92 Å². The summed E-state index contributed by atoms with van der Waals surface area (Å²) in [4.78, 5) is 14.4. The van der Waals surface area contributed by atoms with Gasteiger partial charge in [0.15, 0.2) is 0 Å². The summed E-state index contributed by atoms with van der Waals surface area (Å²) in [6.07, 6.45) is 3.88. The molecule has 0 unspecified atom stereocenters. The molecule has 0 atom stereocenters. The summed E-state index contributed by atoms with van der Waals surface area (Å²) in [6, 6.07) is 19.6. The molecule has 0 aliphatic carbocycles. The number of hydrogen-bond acceptors (Lipinski definition) is 3. The zero-order valence-electron chi connectivity index (χ0n) is 15.3. The summed E-state index contributed by atoms with van der Waals surface area (Å²) >= 11 is 0. The summed E-state index contributed by atoms with van der Waals surface area (Å²) < 4.78 is 0. The second-order valence-corrected chi connectivity index (χ2v) is 6.32. The molecule has 5 heteroatoms. The number of hydrogen-bond donors (Lipinski definition) is 2. The van der Waals surface area contributed by atoms with Gasteiger partial charge in [-0.1, -0.05) is 72.3 Å². The first kappa shape index (κ1) is 18.6. The minimum atomic E-state index is -0.187. The van der Waals surface area contributed by atoms with Crippen molar-refractivity contribution in [3.8, 4) is 11.3 Å². The number of rotatable bonds is 7. The molecular formula is C22H23N3O2. The molecule has 27 heavy (non-hydrogen) atoms. The lowest BCUT2D eigenvalue weighted by atomic mass is 10.1. The number of nitrogens with zero attached hydrogens (tertiary/aromatic N) is 2. The predicted molar refractivity (Wildman–Crippen MR) is 107 cm³/mol. The summed E-state index contributed by atoms with van der Waals surface area (Å²) in [5, 5.41) is 16.4. The van der Waals surface area contributed by atoms with Crippen molar-refractivity contribution in [3.05, 3.63) is 83.6 Å². The number of amides is 1. The van der Waals surface area contributed by atoms with Gasteiger partial charge in [-0.2, -0.15) is 5.10 Å². The highest BCUT2D eigenvalue weighted by atomic mass is 16.3. The molecule has 0 saturated carbocycles. The fourth-order valence-electron chi connectivity index (χ4n) is 2.75. The Morgan fingerprint density at radius 3 is 2.59 bits per heavy atom. The Balaban J connectivity index is 1.71.